The van der Waals surface area contributed by atoms with E-state index in [0.717, 1.165) is 12.8 Å². The molecule has 0 saturated heterocycles. The molecule has 2 rings (SSSR count). The summed E-state index contributed by atoms with van der Waals surface area (Å²) in [6.07, 6.45) is 1.62. The molecule has 0 radical (unpaired) electrons. The van der Waals surface area contributed by atoms with Crippen molar-refractivity contribution in [3.63, 3.8) is 0 Å². The van der Waals surface area contributed by atoms with Gasteiger partial charge in [-0.25, -0.2) is 18.3 Å². The summed E-state index contributed by atoms with van der Waals surface area (Å²) in [6.45, 7) is 7.00. The van der Waals surface area contributed by atoms with Crippen LogP contribution in [0.15, 0.2) is 18.2 Å². The van der Waals surface area contributed by atoms with Gasteiger partial charge in [-0.3, -0.25) is 4.79 Å². The lowest BCUT2D eigenvalue weighted by atomic mass is 10.1. The smallest absolute Gasteiger partial charge is 0.382 e. The van der Waals surface area contributed by atoms with E-state index in [1.165, 1.54) is 0 Å². The summed E-state index contributed by atoms with van der Waals surface area (Å²) in [5.74, 6) is -12.7. The Labute approximate surface area is 190 Å². The molecule has 0 aromatic heterocycles. The lowest BCUT2D eigenvalue weighted by molar-refractivity contribution is -0.143. The van der Waals surface area contributed by atoms with Crippen LogP contribution in [-0.4, -0.2) is 19.1 Å². The van der Waals surface area contributed by atoms with Crippen molar-refractivity contribution in [2.45, 2.75) is 40.5 Å². The van der Waals surface area contributed by atoms with Crippen LogP contribution in [0.1, 0.15) is 37.8 Å². The number of rotatable bonds is 11. The number of hydrogen-bond acceptors (Lipinski definition) is 5. The van der Waals surface area contributed by atoms with E-state index < -0.39 is 55.9 Å². The third-order valence-corrected chi connectivity index (χ3v) is 6.03. The van der Waals surface area contributed by atoms with Gasteiger partial charge in [-0.15, -0.1) is 0 Å². The van der Waals surface area contributed by atoms with Crippen molar-refractivity contribution in [3.05, 3.63) is 58.4 Å². The molecule has 1 unspecified atom stereocenters. The number of hydrogen-bond donors (Lipinski definition) is 1. The number of carbonyl (C=O) groups excluding carboxylic acids is 1. The molecular weight excluding hydrogens is 468 g/mol. The quantitative estimate of drug-likeness (QED) is 0.132. The largest absolute Gasteiger partial charge is 0.464 e. The lowest BCUT2D eigenvalue weighted by Crippen LogP contribution is -2.26. The highest BCUT2D eigenvalue weighted by Crippen LogP contribution is 2.42. The second-order valence-corrected chi connectivity index (χ2v) is 8.46. The van der Waals surface area contributed by atoms with Crippen LogP contribution in [0, 0.1) is 48.9 Å². The molecule has 182 valence electrons. The topological polar surface area (TPSA) is 56.8 Å². The van der Waals surface area contributed by atoms with E-state index >= 15 is 0 Å². The summed E-state index contributed by atoms with van der Waals surface area (Å²) >= 11 is 0. The predicted octanol–water partition coefficient (Wildman–Crippen LogP) is 6.25. The molecule has 0 aliphatic carbocycles. The Morgan fingerprint density at radius 3 is 1.88 bits per heavy atom. The zero-order valence-corrected chi connectivity index (χ0v) is 19.5. The van der Waals surface area contributed by atoms with Gasteiger partial charge in [0.25, 0.3) is 0 Å². The molecule has 0 aliphatic heterocycles. The molecular formula is C22H25F5NO4P. The maximum Gasteiger partial charge on any atom is 0.382 e. The fourth-order valence-electron chi connectivity index (χ4n) is 2.77. The minimum absolute atomic E-state index is 0.172. The highest BCUT2D eigenvalue weighted by molar-refractivity contribution is 7.45. The summed E-state index contributed by atoms with van der Waals surface area (Å²) in [4.78, 5) is 12.1. The number of esters is 1. The SMILES string of the molecule is CCC(CC)COC(=O)CNP(Oc1c(C)cccc1C)Oc1c(F)c(F)c(F)c(F)c1F. The molecule has 11 heteroatoms. The van der Waals surface area contributed by atoms with E-state index in [9.17, 15) is 26.7 Å². The van der Waals surface area contributed by atoms with Gasteiger partial charge < -0.3 is 13.8 Å². The van der Waals surface area contributed by atoms with E-state index in [-0.39, 0.29) is 18.3 Å². The Morgan fingerprint density at radius 1 is 0.879 bits per heavy atom. The number of halogens is 5. The van der Waals surface area contributed by atoms with Gasteiger partial charge in [0.15, 0.2) is 0 Å². The number of aryl methyl sites for hydroxylation is 2. The summed E-state index contributed by atoms with van der Waals surface area (Å²) in [5, 5.41) is 2.51. The van der Waals surface area contributed by atoms with Gasteiger partial charge in [-0.05, 0) is 30.9 Å². The molecule has 5 nitrogen and oxygen atoms in total. The average molecular weight is 493 g/mol. The van der Waals surface area contributed by atoms with Gasteiger partial charge in [-0.2, -0.15) is 8.78 Å². The van der Waals surface area contributed by atoms with Crippen LogP contribution < -0.4 is 14.1 Å². The Balaban J connectivity index is 2.26. The van der Waals surface area contributed by atoms with E-state index in [4.69, 9.17) is 13.8 Å². The van der Waals surface area contributed by atoms with Gasteiger partial charge in [0, 0.05) is 0 Å². The normalized spacial score (nSPS) is 12.1. The van der Waals surface area contributed by atoms with Crippen molar-refractivity contribution in [1.82, 2.24) is 5.09 Å². The number of benzene rings is 2. The average Bonchev–Trinajstić information content (AvgIpc) is 2.80. The van der Waals surface area contributed by atoms with Crippen molar-refractivity contribution in [2.75, 3.05) is 13.2 Å². The molecule has 2 aromatic carbocycles. The van der Waals surface area contributed by atoms with Gasteiger partial charge in [0.05, 0.1) is 6.61 Å². The van der Waals surface area contributed by atoms with Crippen LogP contribution in [0.3, 0.4) is 0 Å². The van der Waals surface area contributed by atoms with Gasteiger partial charge in [0.2, 0.25) is 34.8 Å². The highest BCUT2D eigenvalue weighted by atomic mass is 31.2. The molecule has 2 aromatic rings. The van der Waals surface area contributed by atoms with E-state index in [1.807, 2.05) is 13.8 Å². The maximum atomic E-state index is 14.1. The first-order valence-corrected chi connectivity index (χ1v) is 11.4. The fourth-order valence-corrected chi connectivity index (χ4v) is 3.98. The van der Waals surface area contributed by atoms with Crippen LogP contribution in [-0.2, 0) is 9.53 Å². The van der Waals surface area contributed by atoms with Crippen molar-refractivity contribution in [2.24, 2.45) is 5.92 Å². The summed E-state index contributed by atoms with van der Waals surface area (Å²) in [6, 6.07) is 5.13. The molecule has 0 saturated carbocycles. The van der Waals surface area contributed by atoms with Crippen LogP contribution in [0.4, 0.5) is 22.0 Å². The van der Waals surface area contributed by atoms with E-state index in [0.29, 0.717) is 11.1 Å². The first-order chi connectivity index (χ1) is 15.6. The van der Waals surface area contributed by atoms with Crippen molar-refractivity contribution < 1.29 is 40.5 Å². The van der Waals surface area contributed by atoms with Crippen LogP contribution in [0.5, 0.6) is 11.5 Å². The molecule has 0 bridgehead atoms. The molecule has 0 spiro atoms. The zero-order valence-electron chi connectivity index (χ0n) is 18.6. The highest BCUT2D eigenvalue weighted by Gasteiger charge is 2.31. The van der Waals surface area contributed by atoms with E-state index in [2.05, 4.69) is 5.09 Å². The van der Waals surface area contributed by atoms with Crippen LogP contribution in [0.2, 0.25) is 0 Å². The molecule has 0 fully saturated rings. The number of ether oxygens (including phenoxy) is 1. The second-order valence-electron chi connectivity index (χ2n) is 7.26. The van der Waals surface area contributed by atoms with Gasteiger partial charge in [0.1, 0.15) is 12.3 Å². The van der Waals surface area contributed by atoms with E-state index in [1.54, 1.807) is 32.0 Å². The third kappa shape index (κ3) is 6.77. The molecule has 1 N–H and O–H groups in total. The Kier molecular flexibility index (Phi) is 9.86. The number of nitrogens with one attached hydrogen (secondary N) is 1. The summed E-state index contributed by atoms with van der Waals surface area (Å²) in [5.41, 5.74) is 1.25. The Hall–Kier alpha value is -2.45. The monoisotopic (exact) mass is 493 g/mol. The molecule has 0 heterocycles. The van der Waals surface area contributed by atoms with Crippen molar-refractivity contribution in [1.29, 1.82) is 0 Å². The lowest BCUT2D eigenvalue weighted by Gasteiger charge is -2.22. The Bertz CT molecular complexity index is 938. The Morgan fingerprint density at radius 2 is 1.36 bits per heavy atom. The summed E-state index contributed by atoms with van der Waals surface area (Å²) < 4.78 is 84.7. The standard InChI is InChI=1S/C22H25F5NO4P/c1-5-14(6-2)11-30-15(29)10-28-33(31-21-12(3)8-7-9-13(21)4)32-22-19(26)17(24)16(23)18(25)20(22)27/h7-9,14,28H,5-6,10-11H2,1-4H3. The summed E-state index contributed by atoms with van der Waals surface area (Å²) in [7, 11) is -2.56. The van der Waals surface area contributed by atoms with Crippen LogP contribution in [0.25, 0.3) is 0 Å². The second kappa shape index (κ2) is 12.1. The zero-order chi connectivity index (χ0) is 24.7. The first-order valence-electron chi connectivity index (χ1n) is 10.2. The molecule has 0 amide bonds. The number of carbonyl (C=O) groups is 1. The molecule has 33 heavy (non-hydrogen) atoms. The minimum atomic E-state index is -2.56. The van der Waals surface area contributed by atoms with Gasteiger partial charge in [-0.1, -0.05) is 44.9 Å². The first kappa shape index (κ1) is 26.8. The maximum absolute atomic E-state index is 14.1. The molecule has 1 atom stereocenters. The fraction of sp³-hybridized carbons (Fsp3) is 0.409. The minimum Gasteiger partial charge on any atom is -0.464 e. The third-order valence-electron chi connectivity index (χ3n) is 4.91. The van der Waals surface area contributed by atoms with Crippen molar-refractivity contribution >= 4 is 14.5 Å². The predicted molar refractivity (Wildman–Crippen MR) is 113 cm³/mol. The molecule has 0 aliphatic rings. The van der Waals surface area contributed by atoms with Crippen molar-refractivity contribution in [3.8, 4) is 11.5 Å². The van der Waals surface area contributed by atoms with Gasteiger partial charge >= 0.3 is 14.5 Å². The number of para-hydroxylation sites is 1. The van der Waals surface area contributed by atoms with Crippen LogP contribution >= 0.6 is 8.53 Å².